The Morgan fingerprint density at radius 2 is 1.80 bits per heavy atom. The Morgan fingerprint density at radius 1 is 1.30 bits per heavy atom. The van der Waals surface area contributed by atoms with Crippen LogP contribution in [0.3, 0.4) is 0 Å². The van der Waals surface area contributed by atoms with Crippen LogP contribution >= 0.6 is 0 Å². The summed E-state index contributed by atoms with van der Waals surface area (Å²) < 4.78 is 0. The SMILES string of the molecule is CN(C)C(O)C1CCCC1. The highest BCUT2D eigenvalue weighted by atomic mass is 16.3. The lowest BCUT2D eigenvalue weighted by Crippen LogP contribution is -2.33. The van der Waals surface area contributed by atoms with Crippen LogP contribution in [-0.4, -0.2) is 30.3 Å². The predicted octanol–water partition coefficient (Wildman–Crippen LogP) is 1.06. The van der Waals surface area contributed by atoms with Gasteiger partial charge >= 0.3 is 0 Å². The van der Waals surface area contributed by atoms with Gasteiger partial charge in [-0.3, -0.25) is 4.90 Å². The molecule has 1 saturated carbocycles. The van der Waals surface area contributed by atoms with Gasteiger partial charge in [0.1, 0.15) is 6.23 Å². The number of rotatable bonds is 2. The van der Waals surface area contributed by atoms with Crippen molar-refractivity contribution in [3.63, 3.8) is 0 Å². The molecular weight excluding hydrogens is 126 g/mol. The van der Waals surface area contributed by atoms with E-state index in [9.17, 15) is 5.11 Å². The highest BCUT2D eigenvalue weighted by molar-refractivity contribution is 4.72. The second-order valence-corrected chi connectivity index (χ2v) is 3.42. The molecule has 0 amide bonds. The summed E-state index contributed by atoms with van der Waals surface area (Å²) in [5.41, 5.74) is 0. The molecule has 1 aliphatic rings. The van der Waals surface area contributed by atoms with Crippen molar-refractivity contribution in [1.29, 1.82) is 0 Å². The first-order valence-corrected chi connectivity index (χ1v) is 4.06. The van der Waals surface area contributed by atoms with Gasteiger partial charge in [-0.05, 0) is 32.9 Å². The lowest BCUT2D eigenvalue weighted by molar-refractivity contribution is -0.00759. The van der Waals surface area contributed by atoms with Crippen LogP contribution in [0, 0.1) is 5.92 Å². The summed E-state index contributed by atoms with van der Waals surface area (Å²) in [5, 5.41) is 9.55. The van der Waals surface area contributed by atoms with Crippen molar-refractivity contribution in [2.75, 3.05) is 14.1 Å². The van der Waals surface area contributed by atoms with Gasteiger partial charge in [-0.25, -0.2) is 0 Å². The molecule has 1 rings (SSSR count). The molecule has 0 saturated heterocycles. The first kappa shape index (κ1) is 8.02. The van der Waals surface area contributed by atoms with Crippen molar-refractivity contribution < 1.29 is 5.11 Å². The van der Waals surface area contributed by atoms with E-state index in [1.807, 2.05) is 19.0 Å². The van der Waals surface area contributed by atoms with Gasteiger partial charge in [0.2, 0.25) is 0 Å². The van der Waals surface area contributed by atoms with Gasteiger partial charge in [-0.15, -0.1) is 0 Å². The molecule has 1 aliphatic carbocycles. The Kier molecular flexibility index (Phi) is 2.69. The number of aliphatic hydroxyl groups is 1. The van der Waals surface area contributed by atoms with Gasteiger partial charge in [0.25, 0.3) is 0 Å². The molecule has 2 nitrogen and oxygen atoms in total. The first-order valence-electron chi connectivity index (χ1n) is 4.06. The van der Waals surface area contributed by atoms with Gasteiger partial charge in [0.15, 0.2) is 0 Å². The second-order valence-electron chi connectivity index (χ2n) is 3.42. The minimum absolute atomic E-state index is 0.206. The van der Waals surface area contributed by atoms with E-state index in [2.05, 4.69) is 0 Å². The molecule has 10 heavy (non-hydrogen) atoms. The monoisotopic (exact) mass is 143 g/mol. The molecule has 2 heteroatoms. The standard InChI is InChI=1S/C8H17NO/c1-9(2)8(10)7-5-3-4-6-7/h7-8,10H,3-6H2,1-2H3. The van der Waals surface area contributed by atoms with Crippen LogP contribution in [0.2, 0.25) is 0 Å². The summed E-state index contributed by atoms with van der Waals surface area (Å²) in [4.78, 5) is 1.90. The molecule has 0 aliphatic heterocycles. The summed E-state index contributed by atoms with van der Waals surface area (Å²) in [7, 11) is 3.87. The van der Waals surface area contributed by atoms with Crippen molar-refractivity contribution in [2.24, 2.45) is 5.92 Å². The fourth-order valence-electron chi connectivity index (χ4n) is 1.68. The summed E-state index contributed by atoms with van der Waals surface area (Å²) in [5.74, 6) is 0.537. The molecule has 1 fully saturated rings. The number of nitrogens with zero attached hydrogens (tertiary/aromatic N) is 1. The van der Waals surface area contributed by atoms with Crippen LogP contribution in [-0.2, 0) is 0 Å². The number of hydrogen-bond donors (Lipinski definition) is 1. The maximum atomic E-state index is 9.55. The molecule has 0 radical (unpaired) electrons. The van der Waals surface area contributed by atoms with E-state index in [1.54, 1.807) is 0 Å². The van der Waals surface area contributed by atoms with Crippen LogP contribution < -0.4 is 0 Å². The van der Waals surface area contributed by atoms with Crippen LogP contribution in [0.4, 0.5) is 0 Å². The predicted molar refractivity (Wildman–Crippen MR) is 41.7 cm³/mol. The largest absolute Gasteiger partial charge is 0.378 e. The Morgan fingerprint density at radius 3 is 2.20 bits per heavy atom. The van der Waals surface area contributed by atoms with Crippen LogP contribution in [0.5, 0.6) is 0 Å². The fraction of sp³-hybridized carbons (Fsp3) is 1.00. The molecule has 60 valence electrons. The van der Waals surface area contributed by atoms with Gasteiger partial charge < -0.3 is 5.11 Å². The summed E-state index contributed by atoms with van der Waals surface area (Å²) in [6.07, 6.45) is 4.81. The van der Waals surface area contributed by atoms with E-state index in [4.69, 9.17) is 0 Å². The molecule has 0 aromatic rings. The van der Waals surface area contributed by atoms with E-state index in [0.717, 1.165) is 0 Å². The quantitative estimate of drug-likeness (QED) is 0.584. The average molecular weight is 143 g/mol. The Bertz CT molecular complexity index is 97.4. The Balaban J connectivity index is 2.32. The van der Waals surface area contributed by atoms with E-state index in [-0.39, 0.29) is 6.23 Å². The summed E-state index contributed by atoms with van der Waals surface area (Å²) in [6.45, 7) is 0. The van der Waals surface area contributed by atoms with Crippen molar-refractivity contribution in [3.05, 3.63) is 0 Å². The van der Waals surface area contributed by atoms with Gasteiger partial charge in [-0.1, -0.05) is 12.8 Å². The second kappa shape index (κ2) is 3.35. The smallest absolute Gasteiger partial charge is 0.109 e. The topological polar surface area (TPSA) is 23.5 Å². The average Bonchev–Trinajstić information content (AvgIpc) is 2.36. The van der Waals surface area contributed by atoms with Gasteiger partial charge in [0.05, 0.1) is 0 Å². The molecule has 0 heterocycles. The highest BCUT2D eigenvalue weighted by Crippen LogP contribution is 2.28. The van der Waals surface area contributed by atoms with Crippen LogP contribution in [0.1, 0.15) is 25.7 Å². The van der Waals surface area contributed by atoms with E-state index in [1.165, 1.54) is 25.7 Å². The van der Waals surface area contributed by atoms with Crippen molar-refractivity contribution in [1.82, 2.24) is 4.90 Å². The van der Waals surface area contributed by atoms with Gasteiger partial charge in [-0.2, -0.15) is 0 Å². The van der Waals surface area contributed by atoms with Crippen molar-refractivity contribution >= 4 is 0 Å². The number of aliphatic hydroxyl groups excluding tert-OH is 1. The van der Waals surface area contributed by atoms with E-state index < -0.39 is 0 Å². The molecule has 0 aromatic heterocycles. The summed E-state index contributed by atoms with van der Waals surface area (Å²) in [6, 6.07) is 0. The molecule has 1 unspecified atom stereocenters. The molecule has 0 bridgehead atoms. The maximum Gasteiger partial charge on any atom is 0.109 e. The lowest BCUT2D eigenvalue weighted by atomic mass is 10.1. The van der Waals surface area contributed by atoms with E-state index >= 15 is 0 Å². The third kappa shape index (κ3) is 1.70. The van der Waals surface area contributed by atoms with E-state index in [0.29, 0.717) is 5.92 Å². The Labute approximate surface area is 62.8 Å². The zero-order valence-electron chi connectivity index (χ0n) is 6.88. The summed E-state index contributed by atoms with van der Waals surface area (Å²) >= 11 is 0. The molecule has 1 atom stereocenters. The maximum absolute atomic E-state index is 9.55. The third-order valence-corrected chi connectivity index (χ3v) is 2.35. The van der Waals surface area contributed by atoms with Crippen LogP contribution in [0.25, 0.3) is 0 Å². The molecular formula is C8H17NO. The molecule has 1 N–H and O–H groups in total. The van der Waals surface area contributed by atoms with Crippen LogP contribution in [0.15, 0.2) is 0 Å². The minimum atomic E-state index is -0.206. The van der Waals surface area contributed by atoms with Crippen molar-refractivity contribution in [3.8, 4) is 0 Å². The zero-order chi connectivity index (χ0) is 7.56. The molecule has 0 spiro atoms. The zero-order valence-corrected chi connectivity index (χ0v) is 6.88. The normalized spacial score (nSPS) is 24.0. The lowest BCUT2D eigenvalue weighted by Gasteiger charge is -2.23. The highest BCUT2D eigenvalue weighted by Gasteiger charge is 2.23. The third-order valence-electron chi connectivity index (χ3n) is 2.35. The Hall–Kier alpha value is -0.0800. The first-order chi connectivity index (χ1) is 4.72. The molecule has 0 aromatic carbocycles. The number of hydrogen-bond acceptors (Lipinski definition) is 2. The fourth-order valence-corrected chi connectivity index (χ4v) is 1.68. The van der Waals surface area contributed by atoms with Crippen molar-refractivity contribution in [2.45, 2.75) is 31.9 Å². The van der Waals surface area contributed by atoms with Gasteiger partial charge in [0, 0.05) is 0 Å². The minimum Gasteiger partial charge on any atom is -0.378 e.